The molecule has 0 spiro atoms. The van der Waals surface area contributed by atoms with Crippen molar-refractivity contribution in [2.45, 2.75) is 52.7 Å². The predicted octanol–water partition coefficient (Wildman–Crippen LogP) is 1.40. The van der Waals surface area contributed by atoms with Gasteiger partial charge in [0.1, 0.15) is 0 Å². The first kappa shape index (κ1) is 15.0. The van der Waals surface area contributed by atoms with Crippen LogP contribution < -0.4 is 11.1 Å². The minimum Gasteiger partial charge on any atom is -0.368 e. The van der Waals surface area contributed by atoms with Gasteiger partial charge < -0.3 is 11.1 Å². The van der Waals surface area contributed by atoms with E-state index in [9.17, 15) is 4.79 Å². The zero-order valence-electron chi connectivity index (χ0n) is 11.3. The normalized spacial score (nSPS) is 13.0. The Morgan fingerprint density at radius 3 is 2.50 bits per heavy atom. The number of primary amides is 1. The second kappa shape index (κ2) is 6.20. The zero-order valence-corrected chi connectivity index (χ0v) is 12.1. The summed E-state index contributed by atoms with van der Waals surface area (Å²) in [6, 6.07) is -0.126. The Bertz CT molecular complexity index is 428. The highest BCUT2D eigenvalue weighted by atomic mass is 35.5. The molecule has 6 heteroatoms. The number of hydrogen-bond donors (Lipinski definition) is 2. The van der Waals surface area contributed by atoms with Gasteiger partial charge in [-0.3, -0.25) is 9.48 Å². The van der Waals surface area contributed by atoms with Crippen LogP contribution in [-0.2, 0) is 11.3 Å². The fourth-order valence-electron chi connectivity index (χ4n) is 1.85. The third-order valence-corrected chi connectivity index (χ3v) is 3.35. The molecule has 3 N–H and O–H groups in total. The van der Waals surface area contributed by atoms with Gasteiger partial charge in [-0.05, 0) is 20.3 Å². The van der Waals surface area contributed by atoms with Crippen molar-refractivity contribution in [2.75, 3.05) is 0 Å². The highest BCUT2D eigenvalue weighted by Crippen LogP contribution is 2.19. The Hall–Kier alpha value is -1.07. The molecule has 102 valence electrons. The summed E-state index contributed by atoms with van der Waals surface area (Å²) in [5.41, 5.74) is 7.09. The van der Waals surface area contributed by atoms with E-state index in [1.807, 2.05) is 32.4 Å². The number of nitrogens with one attached hydrogen (secondary N) is 1. The summed E-state index contributed by atoms with van der Waals surface area (Å²) in [6.07, 6.45) is 0.603. The van der Waals surface area contributed by atoms with Gasteiger partial charge in [-0.1, -0.05) is 25.4 Å². The Morgan fingerprint density at radius 1 is 1.50 bits per heavy atom. The van der Waals surface area contributed by atoms with Crippen molar-refractivity contribution >= 4 is 17.5 Å². The van der Waals surface area contributed by atoms with Crippen molar-refractivity contribution in [3.63, 3.8) is 0 Å². The molecule has 1 unspecified atom stereocenters. The molecule has 0 saturated heterocycles. The van der Waals surface area contributed by atoms with E-state index < -0.39 is 0 Å². The van der Waals surface area contributed by atoms with Crippen LogP contribution in [0.25, 0.3) is 0 Å². The van der Waals surface area contributed by atoms with E-state index in [1.54, 1.807) is 0 Å². The molecule has 0 aliphatic heterocycles. The summed E-state index contributed by atoms with van der Waals surface area (Å²) in [6.45, 7) is 8.36. The van der Waals surface area contributed by atoms with Gasteiger partial charge in [-0.2, -0.15) is 5.10 Å². The highest BCUT2D eigenvalue weighted by molar-refractivity contribution is 6.31. The molecular formula is C12H21ClN4O. The predicted molar refractivity (Wildman–Crippen MR) is 72.6 cm³/mol. The van der Waals surface area contributed by atoms with Gasteiger partial charge in [0.15, 0.2) is 0 Å². The fraction of sp³-hybridized carbons (Fsp3) is 0.667. The quantitative estimate of drug-likeness (QED) is 0.822. The van der Waals surface area contributed by atoms with Gasteiger partial charge in [0, 0.05) is 12.6 Å². The summed E-state index contributed by atoms with van der Waals surface area (Å²) in [5, 5.41) is 8.15. The number of rotatable bonds is 6. The van der Waals surface area contributed by atoms with Crippen LogP contribution in [0.4, 0.5) is 0 Å². The Kier molecular flexibility index (Phi) is 5.16. The van der Waals surface area contributed by atoms with Crippen LogP contribution in [0.1, 0.15) is 31.7 Å². The maximum atomic E-state index is 11.3. The molecule has 5 nitrogen and oxygen atoms in total. The van der Waals surface area contributed by atoms with Crippen LogP contribution in [0.15, 0.2) is 0 Å². The molecule has 0 aromatic carbocycles. The lowest BCUT2D eigenvalue weighted by atomic mass is 10.1. The van der Waals surface area contributed by atoms with E-state index in [0.29, 0.717) is 18.0 Å². The highest BCUT2D eigenvalue weighted by Gasteiger charge is 2.17. The number of halogens is 1. The van der Waals surface area contributed by atoms with E-state index in [4.69, 9.17) is 17.3 Å². The van der Waals surface area contributed by atoms with Gasteiger partial charge in [-0.15, -0.1) is 0 Å². The number of carbonyl (C=O) groups is 1. The molecule has 1 atom stereocenters. The first-order valence-electron chi connectivity index (χ1n) is 6.07. The lowest BCUT2D eigenvalue weighted by Crippen LogP contribution is -2.45. The third-order valence-electron chi connectivity index (χ3n) is 2.80. The molecule has 1 aromatic heterocycles. The van der Waals surface area contributed by atoms with Gasteiger partial charge in [-0.25, -0.2) is 0 Å². The summed E-state index contributed by atoms with van der Waals surface area (Å²) < 4.78 is 1.82. The van der Waals surface area contributed by atoms with Crippen LogP contribution in [-0.4, -0.2) is 27.8 Å². The van der Waals surface area contributed by atoms with Crippen molar-refractivity contribution in [2.24, 2.45) is 5.73 Å². The van der Waals surface area contributed by atoms with Crippen molar-refractivity contribution in [1.29, 1.82) is 0 Å². The summed E-state index contributed by atoms with van der Waals surface area (Å²) in [4.78, 5) is 11.3. The molecule has 0 radical (unpaired) electrons. The van der Waals surface area contributed by atoms with Crippen LogP contribution in [0, 0.1) is 13.8 Å². The molecule has 0 saturated carbocycles. The van der Waals surface area contributed by atoms with E-state index in [-0.39, 0.29) is 18.0 Å². The van der Waals surface area contributed by atoms with Crippen molar-refractivity contribution in [3.8, 4) is 0 Å². The average molecular weight is 273 g/mol. The average Bonchev–Trinajstić information content (AvgIpc) is 2.51. The molecule has 0 aliphatic rings. The summed E-state index contributed by atoms with van der Waals surface area (Å²) >= 11 is 6.07. The Balaban J connectivity index is 2.67. The van der Waals surface area contributed by atoms with Gasteiger partial charge in [0.2, 0.25) is 5.91 Å². The van der Waals surface area contributed by atoms with Crippen LogP contribution in [0.3, 0.4) is 0 Å². The maximum absolute atomic E-state index is 11.3. The van der Waals surface area contributed by atoms with Gasteiger partial charge in [0.25, 0.3) is 0 Å². The number of nitrogens with zero attached hydrogens (tertiary/aromatic N) is 2. The second-order valence-corrected chi connectivity index (χ2v) is 5.15. The standard InChI is InChI=1S/C12H21ClN4O/c1-7(2)15-10(12(14)18)5-6-17-9(4)11(13)8(3)16-17/h7,10,15H,5-6H2,1-4H3,(H2,14,18). The number of hydrogen-bond acceptors (Lipinski definition) is 3. The van der Waals surface area contributed by atoms with Gasteiger partial charge >= 0.3 is 0 Å². The first-order valence-corrected chi connectivity index (χ1v) is 6.45. The molecule has 1 aromatic rings. The van der Waals surface area contributed by atoms with Crippen molar-refractivity contribution in [1.82, 2.24) is 15.1 Å². The molecule has 0 bridgehead atoms. The molecular weight excluding hydrogens is 252 g/mol. The first-order chi connectivity index (χ1) is 8.32. The third kappa shape index (κ3) is 3.71. The van der Waals surface area contributed by atoms with Crippen LogP contribution in [0.2, 0.25) is 5.02 Å². The molecule has 1 amide bonds. The van der Waals surface area contributed by atoms with E-state index >= 15 is 0 Å². The van der Waals surface area contributed by atoms with Crippen LogP contribution in [0.5, 0.6) is 0 Å². The number of carbonyl (C=O) groups excluding carboxylic acids is 1. The number of aryl methyl sites for hydroxylation is 2. The molecule has 1 rings (SSSR count). The largest absolute Gasteiger partial charge is 0.368 e. The van der Waals surface area contributed by atoms with Crippen molar-refractivity contribution < 1.29 is 4.79 Å². The fourth-order valence-corrected chi connectivity index (χ4v) is 1.99. The molecule has 1 heterocycles. The Morgan fingerprint density at radius 2 is 2.11 bits per heavy atom. The topological polar surface area (TPSA) is 72.9 Å². The van der Waals surface area contributed by atoms with E-state index in [1.165, 1.54) is 0 Å². The number of amides is 1. The minimum absolute atomic E-state index is 0.214. The lowest BCUT2D eigenvalue weighted by Gasteiger charge is -2.18. The van der Waals surface area contributed by atoms with Gasteiger partial charge in [0.05, 0.1) is 22.5 Å². The smallest absolute Gasteiger partial charge is 0.234 e. The Labute approximate surface area is 113 Å². The van der Waals surface area contributed by atoms with E-state index in [0.717, 1.165) is 11.4 Å². The molecule has 0 aliphatic carbocycles. The van der Waals surface area contributed by atoms with E-state index in [2.05, 4.69) is 10.4 Å². The zero-order chi connectivity index (χ0) is 13.9. The minimum atomic E-state index is -0.340. The van der Waals surface area contributed by atoms with Crippen molar-refractivity contribution in [3.05, 3.63) is 16.4 Å². The molecule has 18 heavy (non-hydrogen) atoms. The van der Waals surface area contributed by atoms with Crippen LogP contribution >= 0.6 is 11.6 Å². The summed E-state index contributed by atoms with van der Waals surface area (Å²) in [5.74, 6) is -0.337. The summed E-state index contributed by atoms with van der Waals surface area (Å²) in [7, 11) is 0. The number of aromatic nitrogens is 2. The lowest BCUT2D eigenvalue weighted by molar-refractivity contribution is -0.120. The maximum Gasteiger partial charge on any atom is 0.234 e. The monoisotopic (exact) mass is 272 g/mol. The molecule has 0 fully saturated rings. The second-order valence-electron chi connectivity index (χ2n) is 4.77. The SMILES string of the molecule is Cc1nn(CCC(NC(C)C)C(N)=O)c(C)c1Cl. The number of nitrogens with two attached hydrogens (primary N) is 1.